The molecule has 0 aliphatic rings. The Hall–Kier alpha value is -3.32. The maximum atomic E-state index is 13.0. The summed E-state index contributed by atoms with van der Waals surface area (Å²) in [5, 5.41) is 6.67. The van der Waals surface area contributed by atoms with Crippen LogP contribution in [0.3, 0.4) is 0 Å². The predicted octanol–water partition coefficient (Wildman–Crippen LogP) is 4.79. The molecule has 3 rings (SSSR count). The van der Waals surface area contributed by atoms with Crippen LogP contribution in [0.2, 0.25) is 0 Å². The summed E-state index contributed by atoms with van der Waals surface area (Å²) in [5.41, 5.74) is 3.39. The van der Waals surface area contributed by atoms with Crippen LogP contribution < -0.4 is 14.8 Å². The van der Waals surface area contributed by atoms with Crippen molar-refractivity contribution >= 4 is 11.7 Å². The average molecular weight is 424 g/mol. The minimum absolute atomic E-state index is 0.335. The molecule has 0 atom stereocenters. The number of nitrogens with zero attached hydrogens (tertiary/aromatic N) is 1. The molecule has 0 saturated heterocycles. The largest absolute Gasteiger partial charge is 0.490 e. The predicted molar refractivity (Wildman–Crippen MR) is 118 cm³/mol. The van der Waals surface area contributed by atoms with E-state index in [9.17, 15) is 4.79 Å². The van der Waals surface area contributed by atoms with Gasteiger partial charge >= 0.3 is 0 Å². The molecule has 1 heterocycles. The summed E-state index contributed by atoms with van der Waals surface area (Å²) >= 11 is 0. The van der Waals surface area contributed by atoms with Gasteiger partial charge in [0.1, 0.15) is 31.0 Å². The second-order valence-corrected chi connectivity index (χ2v) is 6.98. The van der Waals surface area contributed by atoms with Gasteiger partial charge in [-0.15, -0.1) is 0 Å². The van der Waals surface area contributed by atoms with Crippen LogP contribution in [-0.4, -0.2) is 30.9 Å². The number of rotatable bonds is 11. The number of anilines is 1. The van der Waals surface area contributed by atoms with Gasteiger partial charge in [-0.05, 0) is 44.0 Å². The first-order valence-electron chi connectivity index (χ1n) is 10.4. The first kappa shape index (κ1) is 22.4. The number of hydrogen-bond donors (Lipinski definition) is 1. The van der Waals surface area contributed by atoms with E-state index < -0.39 is 0 Å². The lowest BCUT2D eigenvalue weighted by atomic mass is 10.1. The van der Waals surface area contributed by atoms with E-state index >= 15 is 0 Å². The first-order chi connectivity index (χ1) is 15.1. The Morgan fingerprint density at radius 3 is 2.74 bits per heavy atom. The van der Waals surface area contributed by atoms with Gasteiger partial charge in [-0.1, -0.05) is 41.9 Å². The Balaban J connectivity index is 1.77. The van der Waals surface area contributed by atoms with Gasteiger partial charge in [-0.25, -0.2) is 0 Å². The molecule has 3 aromatic rings. The molecule has 1 N–H and O–H groups in total. The topological polar surface area (TPSA) is 82.8 Å². The molecule has 0 aliphatic heterocycles. The van der Waals surface area contributed by atoms with Crippen molar-refractivity contribution in [3.8, 4) is 11.5 Å². The summed E-state index contributed by atoms with van der Waals surface area (Å²) in [6.07, 6.45) is 2.22. The fraction of sp³-hybridized carbons (Fsp3) is 0.333. The van der Waals surface area contributed by atoms with E-state index in [1.54, 1.807) is 18.2 Å². The van der Waals surface area contributed by atoms with Crippen molar-refractivity contribution in [1.29, 1.82) is 0 Å². The van der Waals surface area contributed by atoms with Crippen molar-refractivity contribution in [2.75, 3.05) is 25.1 Å². The van der Waals surface area contributed by atoms with Crippen molar-refractivity contribution in [3.63, 3.8) is 0 Å². The lowest BCUT2D eigenvalue weighted by Crippen LogP contribution is -2.16. The number of nitrogens with one attached hydrogen (secondary N) is 1. The van der Waals surface area contributed by atoms with E-state index in [0.29, 0.717) is 55.7 Å². The van der Waals surface area contributed by atoms with Crippen molar-refractivity contribution in [2.45, 2.75) is 33.8 Å². The zero-order valence-corrected chi connectivity index (χ0v) is 18.1. The molecule has 0 bridgehead atoms. The SMILES string of the molecule is CCOCCOc1ccc(OCc2cccc(C)c2)cc1C(=O)Nc1nocc1CC. The maximum absolute atomic E-state index is 13.0. The third-order valence-electron chi connectivity index (χ3n) is 4.63. The number of aromatic nitrogens is 1. The van der Waals surface area contributed by atoms with Crippen LogP contribution >= 0.6 is 0 Å². The van der Waals surface area contributed by atoms with Crippen LogP contribution in [0.1, 0.15) is 40.9 Å². The van der Waals surface area contributed by atoms with E-state index in [1.807, 2.05) is 39.0 Å². The van der Waals surface area contributed by atoms with Crippen LogP contribution in [0.4, 0.5) is 5.82 Å². The van der Waals surface area contributed by atoms with Crippen LogP contribution in [0.5, 0.6) is 11.5 Å². The van der Waals surface area contributed by atoms with Gasteiger partial charge in [0.25, 0.3) is 5.91 Å². The minimum Gasteiger partial charge on any atom is -0.490 e. The van der Waals surface area contributed by atoms with Crippen LogP contribution in [0.15, 0.2) is 53.3 Å². The number of carbonyl (C=O) groups excluding carboxylic acids is 1. The summed E-state index contributed by atoms with van der Waals surface area (Å²) in [4.78, 5) is 13.0. The van der Waals surface area contributed by atoms with Gasteiger partial charge in [-0.3, -0.25) is 4.79 Å². The van der Waals surface area contributed by atoms with Gasteiger partial charge in [0, 0.05) is 12.2 Å². The number of aryl methyl sites for hydroxylation is 2. The van der Waals surface area contributed by atoms with Crippen LogP contribution in [0, 0.1) is 6.92 Å². The van der Waals surface area contributed by atoms with Crippen molar-refractivity contribution in [2.24, 2.45) is 0 Å². The summed E-state index contributed by atoms with van der Waals surface area (Å²) < 4.78 is 22.0. The molecule has 0 saturated carbocycles. The van der Waals surface area contributed by atoms with Gasteiger partial charge in [0.05, 0.1) is 12.2 Å². The number of benzene rings is 2. The normalized spacial score (nSPS) is 10.7. The number of ether oxygens (including phenoxy) is 3. The molecule has 1 amide bonds. The molecule has 7 nitrogen and oxygen atoms in total. The minimum atomic E-state index is -0.351. The molecule has 0 radical (unpaired) electrons. The molecule has 7 heteroatoms. The molecule has 31 heavy (non-hydrogen) atoms. The third kappa shape index (κ3) is 6.33. The molecule has 0 unspecified atom stereocenters. The first-order valence-corrected chi connectivity index (χ1v) is 10.4. The molecule has 1 aromatic heterocycles. The molecule has 0 aliphatic carbocycles. The molecule has 0 fully saturated rings. The van der Waals surface area contributed by atoms with Crippen molar-refractivity contribution in [1.82, 2.24) is 5.16 Å². The Bertz CT molecular complexity index is 999. The van der Waals surface area contributed by atoms with E-state index in [-0.39, 0.29) is 5.91 Å². The molecule has 2 aromatic carbocycles. The highest BCUT2D eigenvalue weighted by Gasteiger charge is 2.18. The quantitative estimate of drug-likeness (QED) is 0.446. The Morgan fingerprint density at radius 1 is 1.10 bits per heavy atom. The summed E-state index contributed by atoms with van der Waals surface area (Å²) in [6.45, 7) is 7.70. The van der Waals surface area contributed by atoms with Gasteiger partial charge in [0.2, 0.25) is 0 Å². The fourth-order valence-corrected chi connectivity index (χ4v) is 3.01. The lowest BCUT2D eigenvalue weighted by molar-refractivity contribution is 0.0996. The Labute approximate surface area is 182 Å². The maximum Gasteiger partial charge on any atom is 0.260 e. The number of amides is 1. The highest BCUT2D eigenvalue weighted by Crippen LogP contribution is 2.27. The van der Waals surface area contributed by atoms with Crippen molar-refractivity contribution in [3.05, 3.63) is 71.0 Å². The zero-order valence-electron chi connectivity index (χ0n) is 18.1. The van der Waals surface area contributed by atoms with E-state index in [0.717, 1.165) is 11.1 Å². The smallest absolute Gasteiger partial charge is 0.260 e. The van der Waals surface area contributed by atoms with E-state index in [4.69, 9.17) is 18.7 Å². The second-order valence-electron chi connectivity index (χ2n) is 6.98. The lowest BCUT2D eigenvalue weighted by Gasteiger charge is -2.14. The molecular formula is C24H28N2O5. The second kappa shape index (κ2) is 11.2. The standard InChI is InChI=1S/C24H28N2O5/c1-4-19-16-31-26-23(19)25-24(27)21-14-20(9-10-22(21)29-12-11-28-5-2)30-15-18-8-6-7-17(3)13-18/h6-10,13-14,16H,4-5,11-12,15H2,1-3H3,(H,25,26,27). The van der Waals surface area contributed by atoms with Crippen LogP contribution in [0.25, 0.3) is 0 Å². The van der Waals surface area contributed by atoms with Gasteiger partial charge in [0.15, 0.2) is 5.82 Å². The van der Waals surface area contributed by atoms with Gasteiger partial charge in [-0.2, -0.15) is 0 Å². The Morgan fingerprint density at radius 2 is 1.97 bits per heavy atom. The zero-order chi connectivity index (χ0) is 22.1. The summed E-state index contributed by atoms with van der Waals surface area (Å²) in [7, 11) is 0. The monoisotopic (exact) mass is 424 g/mol. The van der Waals surface area contributed by atoms with Crippen molar-refractivity contribution < 1.29 is 23.5 Å². The molecule has 0 spiro atoms. The van der Waals surface area contributed by atoms with E-state index in [2.05, 4.69) is 16.5 Å². The third-order valence-corrected chi connectivity index (χ3v) is 4.63. The van der Waals surface area contributed by atoms with Gasteiger partial charge < -0.3 is 24.1 Å². The summed E-state index contributed by atoms with van der Waals surface area (Å²) in [5.74, 6) is 1.07. The highest BCUT2D eigenvalue weighted by molar-refractivity contribution is 6.06. The number of hydrogen-bond acceptors (Lipinski definition) is 6. The molecular weight excluding hydrogens is 396 g/mol. The van der Waals surface area contributed by atoms with Crippen LogP contribution in [-0.2, 0) is 17.8 Å². The number of carbonyl (C=O) groups is 1. The fourth-order valence-electron chi connectivity index (χ4n) is 3.01. The highest BCUT2D eigenvalue weighted by atomic mass is 16.5. The van der Waals surface area contributed by atoms with E-state index in [1.165, 1.54) is 11.8 Å². The average Bonchev–Trinajstić information content (AvgIpc) is 3.22. The molecule has 164 valence electrons. The summed E-state index contributed by atoms with van der Waals surface area (Å²) in [6, 6.07) is 13.3. The Kier molecular flexibility index (Phi) is 8.06.